The molecule has 236 valence electrons. The van der Waals surface area contributed by atoms with Crippen LogP contribution < -0.4 is 25.8 Å². The first kappa shape index (κ1) is 29.9. The highest BCUT2D eigenvalue weighted by molar-refractivity contribution is 7.92. The van der Waals surface area contributed by atoms with E-state index in [2.05, 4.69) is 39.2 Å². The van der Waals surface area contributed by atoms with Crippen LogP contribution in [0.25, 0.3) is 22.2 Å². The van der Waals surface area contributed by atoms with Crippen molar-refractivity contribution < 1.29 is 12.8 Å². The van der Waals surface area contributed by atoms with Crippen LogP contribution in [-0.2, 0) is 16.4 Å². The summed E-state index contributed by atoms with van der Waals surface area (Å²) in [4.78, 5) is 25.5. The first-order valence-corrected chi connectivity index (χ1v) is 16.8. The van der Waals surface area contributed by atoms with Crippen molar-refractivity contribution in [2.45, 2.75) is 44.6 Å². The van der Waals surface area contributed by atoms with Crippen LogP contribution in [0.3, 0.4) is 0 Å². The number of sulfonamides is 1. The van der Waals surface area contributed by atoms with Gasteiger partial charge in [0.2, 0.25) is 5.95 Å². The van der Waals surface area contributed by atoms with Gasteiger partial charge in [0.15, 0.2) is 5.37 Å². The smallest absolute Gasteiger partial charge is 0.261 e. The van der Waals surface area contributed by atoms with E-state index in [0.29, 0.717) is 46.7 Å². The number of nitrogens with zero attached hydrogens (tertiary/aromatic N) is 4. The van der Waals surface area contributed by atoms with Crippen LogP contribution >= 0.6 is 0 Å². The number of aromatic nitrogens is 3. The van der Waals surface area contributed by atoms with Gasteiger partial charge in [0.25, 0.3) is 15.6 Å². The Kier molecular flexibility index (Phi) is 7.48. The zero-order valence-corrected chi connectivity index (χ0v) is 26.5. The van der Waals surface area contributed by atoms with E-state index in [-0.39, 0.29) is 35.9 Å². The number of hydrogen-bond donors (Lipinski definition) is 3. The van der Waals surface area contributed by atoms with Crippen LogP contribution in [0.5, 0.6) is 0 Å². The summed E-state index contributed by atoms with van der Waals surface area (Å²) in [6.07, 6.45) is 1.62. The number of anilines is 4. The molecular weight excluding hydrogens is 605 g/mol. The normalized spacial score (nSPS) is 20.6. The number of benzene rings is 3. The third-order valence-electron chi connectivity index (χ3n) is 8.62. The molecule has 0 amide bonds. The van der Waals surface area contributed by atoms with Crippen molar-refractivity contribution in [1.29, 1.82) is 0 Å². The Labute approximate surface area is 266 Å². The summed E-state index contributed by atoms with van der Waals surface area (Å²) < 4.78 is 46.7. The molecule has 0 radical (unpaired) electrons. The Hall–Kier alpha value is -4.81. The van der Waals surface area contributed by atoms with E-state index in [9.17, 15) is 13.2 Å². The summed E-state index contributed by atoms with van der Waals surface area (Å²) in [5.41, 5.74) is 3.75. The number of pyridine rings is 1. The van der Waals surface area contributed by atoms with Gasteiger partial charge < -0.3 is 15.5 Å². The van der Waals surface area contributed by atoms with E-state index in [0.717, 1.165) is 11.1 Å². The number of nitrogens with one attached hydrogen (secondary N) is 3. The van der Waals surface area contributed by atoms with Crippen molar-refractivity contribution >= 4 is 44.1 Å². The Bertz CT molecular complexity index is 2140. The van der Waals surface area contributed by atoms with Gasteiger partial charge in [-0.15, -0.1) is 0 Å². The summed E-state index contributed by atoms with van der Waals surface area (Å²) >= 11 is 0. The first-order valence-electron chi connectivity index (χ1n) is 15.2. The molecular formula is C34H34FN7O3S. The molecule has 3 aromatic carbocycles. The minimum absolute atomic E-state index is 0.0699. The lowest BCUT2D eigenvalue weighted by Crippen LogP contribution is -2.54. The predicted molar refractivity (Wildman–Crippen MR) is 180 cm³/mol. The average molecular weight is 640 g/mol. The molecule has 3 N–H and O–H groups in total. The minimum Gasteiger partial charge on any atom is -0.366 e. The molecule has 46 heavy (non-hydrogen) atoms. The molecule has 1 fully saturated rings. The van der Waals surface area contributed by atoms with Crippen molar-refractivity contribution in [2.75, 3.05) is 28.0 Å². The Morgan fingerprint density at radius 3 is 2.46 bits per heavy atom. The van der Waals surface area contributed by atoms with Gasteiger partial charge in [-0.25, -0.2) is 17.8 Å². The van der Waals surface area contributed by atoms with E-state index < -0.39 is 21.0 Å². The van der Waals surface area contributed by atoms with Crippen LogP contribution in [0.15, 0.2) is 83.8 Å². The second-order valence-electron chi connectivity index (χ2n) is 12.1. The number of para-hydroxylation sites is 1. The molecule has 2 aromatic heterocycles. The van der Waals surface area contributed by atoms with Crippen molar-refractivity contribution in [3.05, 3.63) is 106 Å². The second-order valence-corrected chi connectivity index (χ2v) is 14.0. The molecule has 12 heteroatoms. The number of piperazine rings is 1. The van der Waals surface area contributed by atoms with Crippen LogP contribution in [0.1, 0.15) is 30.3 Å². The average Bonchev–Trinajstić information content (AvgIpc) is 3.00. The van der Waals surface area contributed by atoms with E-state index in [1.54, 1.807) is 36.5 Å². The van der Waals surface area contributed by atoms with Gasteiger partial charge in [0.1, 0.15) is 11.5 Å². The maximum absolute atomic E-state index is 15.4. The number of hydrogen-bond acceptors (Lipinski definition) is 8. The van der Waals surface area contributed by atoms with Crippen molar-refractivity contribution in [2.24, 2.45) is 0 Å². The molecule has 0 aliphatic carbocycles. The number of fused-ring (bicyclic) bond motifs is 2. The van der Waals surface area contributed by atoms with E-state index in [1.807, 2.05) is 48.2 Å². The number of aryl methyl sites for hydroxylation is 1. The lowest BCUT2D eigenvalue weighted by Gasteiger charge is -2.37. The molecule has 2 aliphatic rings. The van der Waals surface area contributed by atoms with Gasteiger partial charge in [-0.2, -0.15) is 4.98 Å². The fraction of sp³-hybridized carbons (Fsp3) is 0.265. The standard InChI is InChI=1S/C34H34FN7O3S/c1-20-8-4-6-10-26(20)27-14-24-17-36-34(38-25-12-13-30(28(35)16-25)41-18-21(2)37-22(3)19-41)39-32(24)42(33(27)43)31-15-23-9-5-7-11-29(23)40-46(31,44)45/h4-14,16-17,21-22,31,37,40H,15,18-19H2,1-3H3,(H,36,38,39)/t21-,22+,31?. The first-order chi connectivity index (χ1) is 22.1. The van der Waals surface area contributed by atoms with Gasteiger partial charge in [-0.1, -0.05) is 42.5 Å². The summed E-state index contributed by atoms with van der Waals surface area (Å²) in [6.45, 7) is 7.42. The van der Waals surface area contributed by atoms with Crippen molar-refractivity contribution in [1.82, 2.24) is 19.9 Å². The minimum atomic E-state index is -4.04. The lowest BCUT2D eigenvalue weighted by molar-refractivity contribution is 0.404. The molecule has 0 spiro atoms. The number of rotatable bonds is 5. The lowest BCUT2D eigenvalue weighted by atomic mass is 10.0. The van der Waals surface area contributed by atoms with Gasteiger partial charge >= 0.3 is 0 Å². The topological polar surface area (TPSA) is 121 Å². The highest BCUT2D eigenvalue weighted by atomic mass is 32.2. The molecule has 3 atom stereocenters. The van der Waals surface area contributed by atoms with E-state index in [1.165, 1.54) is 10.6 Å². The highest BCUT2D eigenvalue weighted by Crippen LogP contribution is 2.35. The summed E-state index contributed by atoms with van der Waals surface area (Å²) in [7, 11) is -4.04. The van der Waals surface area contributed by atoms with Gasteiger partial charge in [-0.3, -0.25) is 14.1 Å². The van der Waals surface area contributed by atoms with Crippen molar-refractivity contribution in [3.8, 4) is 11.1 Å². The molecule has 1 unspecified atom stereocenters. The Morgan fingerprint density at radius 2 is 1.70 bits per heavy atom. The summed E-state index contributed by atoms with van der Waals surface area (Å²) in [5, 5.41) is 5.72. The zero-order valence-electron chi connectivity index (χ0n) is 25.7. The van der Waals surface area contributed by atoms with Crippen molar-refractivity contribution in [3.63, 3.8) is 0 Å². The molecule has 1 saturated heterocycles. The summed E-state index contributed by atoms with van der Waals surface area (Å²) in [6, 6.07) is 21.6. The van der Waals surface area contributed by atoms with Crippen LogP contribution in [0.2, 0.25) is 0 Å². The second kappa shape index (κ2) is 11.5. The van der Waals surface area contributed by atoms with Crippen LogP contribution in [-0.4, -0.2) is 48.1 Å². The molecule has 0 bridgehead atoms. The van der Waals surface area contributed by atoms with E-state index in [4.69, 9.17) is 0 Å². The largest absolute Gasteiger partial charge is 0.366 e. The predicted octanol–water partition coefficient (Wildman–Crippen LogP) is 5.33. The maximum Gasteiger partial charge on any atom is 0.261 e. The van der Waals surface area contributed by atoms with Gasteiger partial charge in [-0.05, 0) is 67.8 Å². The monoisotopic (exact) mass is 639 g/mol. The molecule has 7 rings (SSSR count). The van der Waals surface area contributed by atoms with Crippen LogP contribution in [0, 0.1) is 12.7 Å². The highest BCUT2D eigenvalue weighted by Gasteiger charge is 2.36. The molecule has 2 aliphatic heterocycles. The third-order valence-corrected chi connectivity index (χ3v) is 10.2. The molecule has 4 heterocycles. The van der Waals surface area contributed by atoms with Gasteiger partial charge in [0, 0.05) is 54.4 Å². The van der Waals surface area contributed by atoms with Crippen LogP contribution in [0.4, 0.5) is 27.4 Å². The Balaban J connectivity index is 1.32. The fourth-order valence-electron chi connectivity index (χ4n) is 6.56. The Morgan fingerprint density at radius 1 is 0.957 bits per heavy atom. The van der Waals surface area contributed by atoms with E-state index >= 15 is 4.39 Å². The molecule has 0 saturated carbocycles. The zero-order chi connectivity index (χ0) is 32.2. The third kappa shape index (κ3) is 5.47. The fourth-order valence-corrected chi connectivity index (χ4v) is 8.07. The molecule has 5 aromatic rings. The van der Waals surface area contributed by atoms with Gasteiger partial charge in [0.05, 0.1) is 11.4 Å². The SMILES string of the molecule is Cc1ccccc1-c1cc2cnc(Nc3ccc(N4C[C@@H](C)N[C@@H](C)C4)c(F)c3)nc2n(C2Cc3ccccc3NS2(=O)=O)c1=O. The maximum atomic E-state index is 15.4. The summed E-state index contributed by atoms with van der Waals surface area (Å²) in [5.74, 6) is -0.285. The quantitative estimate of drug-likeness (QED) is 0.236. The number of halogens is 1. The molecule has 10 nitrogen and oxygen atoms in total.